The summed E-state index contributed by atoms with van der Waals surface area (Å²) < 4.78 is 30.1. The summed E-state index contributed by atoms with van der Waals surface area (Å²) in [7, 11) is 1.17. The molecule has 0 spiro atoms. The molecule has 4 N–H and O–H groups in total. The second-order valence-electron chi connectivity index (χ2n) is 20.4. The molecule has 2 atom stereocenters. The van der Waals surface area contributed by atoms with Gasteiger partial charge in [0.05, 0.1) is 63.4 Å². The number of aromatic nitrogens is 10. The molecule has 3 amide bonds. The number of amides is 3. The lowest BCUT2D eigenvalue weighted by Crippen LogP contribution is -2.42. The molecule has 6 heterocycles. The summed E-state index contributed by atoms with van der Waals surface area (Å²) in [6.07, 6.45) is 0.948. The van der Waals surface area contributed by atoms with Crippen LogP contribution in [0.5, 0.6) is 11.5 Å². The molecule has 0 bridgehead atoms. The molecule has 424 valence electrons. The van der Waals surface area contributed by atoms with E-state index in [2.05, 4.69) is 95.6 Å². The van der Waals surface area contributed by atoms with Crippen molar-refractivity contribution < 1.29 is 47.7 Å². The van der Waals surface area contributed by atoms with Gasteiger partial charge in [0.25, 0.3) is 11.8 Å². The van der Waals surface area contributed by atoms with Gasteiger partial charge in [-0.3, -0.25) is 9.59 Å². The quantitative estimate of drug-likeness (QED) is 0.0526. The number of carbonyl (C=O) groups excluding carboxylic acids is 4. The van der Waals surface area contributed by atoms with Crippen molar-refractivity contribution in [3.63, 3.8) is 0 Å². The number of hydrogen-bond donors (Lipinski definition) is 4. The molecule has 2 aromatic carbocycles. The minimum atomic E-state index is -1.91. The number of benzene rings is 2. The summed E-state index contributed by atoms with van der Waals surface area (Å²) in [5.41, 5.74) is 5.22. The Morgan fingerprint density at radius 2 is 1.30 bits per heavy atom. The van der Waals surface area contributed by atoms with E-state index in [-0.39, 0.29) is 41.8 Å². The number of ether oxygens (including phenoxy) is 4. The molecular weight excluding hydrogens is 1060 g/mol. The highest BCUT2D eigenvalue weighted by atomic mass is 35.5. The highest BCUT2D eigenvalue weighted by Gasteiger charge is 2.38. The highest BCUT2D eigenvalue weighted by Crippen LogP contribution is 2.37. The van der Waals surface area contributed by atoms with Gasteiger partial charge in [-0.25, -0.2) is 28.9 Å². The molecule has 0 unspecified atom stereocenters. The molecular formula is C53H71ClN14O10Si. The van der Waals surface area contributed by atoms with Crippen molar-refractivity contribution in [1.82, 2.24) is 60.6 Å². The number of aliphatic hydroxyl groups excluding tert-OH is 1. The van der Waals surface area contributed by atoms with Crippen LogP contribution in [0.1, 0.15) is 110 Å². The lowest BCUT2D eigenvalue weighted by atomic mass is 9.96. The van der Waals surface area contributed by atoms with Gasteiger partial charge in [0, 0.05) is 31.2 Å². The second-order valence-corrected chi connectivity index (χ2v) is 25.5. The summed E-state index contributed by atoms with van der Waals surface area (Å²) in [5.74, 6) is 1.86. The molecule has 0 fully saturated rings. The number of fused-ring (bicyclic) bond motifs is 2. The third kappa shape index (κ3) is 15.9. The third-order valence-corrected chi connectivity index (χ3v) is 17.9. The average molecular weight is 1130 g/mol. The molecule has 2 aliphatic rings. The van der Waals surface area contributed by atoms with Crippen LogP contribution in [0.15, 0.2) is 60.7 Å². The first-order valence-corrected chi connectivity index (χ1v) is 29.1. The van der Waals surface area contributed by atoms with Crippen molar-refractivity contribution >= 4 is 54.9 Å². The van der Waals surface area contributed by atoms with Crippen LogP contribution in [0, 0.1) is 0 Å². The van der Waals surface area contributed by atoms with Crippen LogP contribution in [-0.4, -0.2) is 145 Å². The van der Waals surface area contributed by atoms with Crippen LogP contribution in [0.2, 0.25) is 18.1 Å². The normalized spacial score (nSPS) is 13.7. The van der Waals surface area contributed by atoms with Gasteiger partial charge < -0.3 is 49.3 Å². The first kappa shape index (κ1) is 60.8. The minimum Gasteiger partial charge on any atom is -0.496 e. The maximum absolute atomic E-state index is 13.2. The number of tetrazole rings is 2. The fourth-order valence-electron chi connectivity index (χ4n) is 7.97. The molecule has 79 heavy (non-hydrogen) atoms. The van der Waals surface area contributed by atoms with E-state index in [1.807, 2.05) is 37.3 Å². The average Bonchev–Trinajstić information content (AvgIpc) is 4.17. The number of halogens is 1. The van der Waals surface area contributed by atoms with E-state index in [9.17, 15) is 24.3 Å². The summed E-state index contributed by atoms with van der Waals surface area (Å²) in [6, 6.07) is 17.5. The van der Waals surface area contributed by atoms with Crippen LogP contribution in [-0.2, 0) is 39.8 Å². The zero-order chi connectivity index (χ0) is 57.6. The zero-order valence-electron chi connectivity index (χ0n) is 46.8. The highest BCUT2D eigenvalue weighted by molar-refractivity contribution is 6.74. The van der Waals surface area contributed by atoms with Crippen molar-refractivity contribution in [1.29, 1.82) is 0 Å². The summed E-state index contributed by atoms with van der Waals surface area (Å²) in [6.45, 7) is 23.4. The Kier molecular flexibility index (Phi) is 21.1. The Hall–Kier alpha value is -7.45. The molecule has 2 aliphatic heterocycles. The number of hydrogen-bond acceptors (Lipinski definition) is 19. The molecule has 0 saturated carbocycles. The number of methoxy groups -OCH3 is 2. The number of aliphatic hydroxyl groups is 1. The van der Waals surface area contributed by atoms with Gasteiger partial charge in [-0.2, -0.15) is 0 Å². The SMILES string of the molecule is CCOC(=O)Cl.COc1cc2c(cc1C(=O)Nc1cccc(-c3nnnn3[C@H](C)CO)n1)CN(C(=O)OC(C)C)CC2.COc1cc2c(cc1C(=O)Nc1cccc(-c3nnnn3[C@H](C)CO[Si](C)(C)C(C)(C)C)n1)CNCC2. The van der Waals surface area contributed by atoms with E-state index in [0.717, 1.165) is 36.2 Å². The Balaban J connectivity index is 0.000000231. The van der Waals surface area contributed by atoms with Gasteiger partial charge in [-0.15, -0.1) is 10.2 Å². The van der Waals surface area contributed by atoms with Crippen molar-refractivity contribution in [2.45, 2.75) is 118 Å². The standard InChI is InChI=1S/C26H37N7O3Si.C24H29N7O5.C3H5ClO2/c1-17(16-36-37(6,7)26(2,3)4)33-24(30-31-32-33)21-9-8-10-23(28-21)29-25(34)20-13-19-15-27-12-11-18(19)14-22(20)35-5;1-14(2)36-24(34)30-9-8-16-11-20(35-4)18(10-17(16)12-30)23(33)26-21-7-5-6-19(25-21)22-27-28-29-31(22)15(3)13-32;1-2-6-3(4)5/h8-10,13-14,17,27H,11-12,15-16H2,1-7H3,(H,28,29,34);5-7,10-11,14-15,32H,8-9,12-13H2,1-4H3,(H,25,26,33);2H2,1H3/t17-;15-;/m11./s1. The van der Waals surface area contributed by atoms with E-state index < -0.39 is 19.7 Å². The number of nitrogens with zero attached hydrogens (tertiary/aromatic N) is 11. The molecule has 0 saturated heterocycles. The summed E-state index contributed by atoms with van der Waals surface area (Å²) >= 11 is 4.72. The van der Waals surface area contributed by atoms with Gasteiger partial charge >= 0.3 is 11.5 Å². The number of rotatable bonds is 16. The molecule has 0 radical (unpaired) electrons. The fraction of sp³-hybridized carbons (Fsp3) is 0.472. The lowest BCUT2D eigenvalue weighted by Gasteiger charge is -2.36. The fourth-order valence-corrected chi connectivity index (χ4v) is 9.17. The molecule has 6 aromatic rings. The van der Waals surface area contributed by atoms with Crippen LogP contribution in [0.25, 0.3) is 23.0 Å². The van der Waals surface area contributed by atoms with Crippen molar-refractivity contribution in [3.05, 3.63) is 94.0 Å². The number of anilines is 2. The van der Waals surface area contributed by atoms with E-state index in [4.69, 9.17) is 30.2 Å². The molecule has 24 nitrogen and oxygen atoms in total. The van der Waals surface area contributed by atoms with Crippen molar-refractivity contribution in [2.75, 3.05) is 57.8 Å². The Morgan fingerprint density at radius 3 is 1.78 bits per heavy atom. The van der Waals surface area contributed by atoms with Gasteiger partial charge in [0.15, 0.2) is 8.32 Å². The predicted octanol–water partition coefficient (Wildman–Crippen LogP) is 8.06. The van der Waals surface area contributed by atoms with Crippen molar-refractivity contribution in [2.24, 2.45) is 0 Å². The van der Waals surface area contributed by atoms with Gasteiger partial charge in [0.2, 0.25) is 11.6 Å². The first-order valence-electron chi connectivity index (χ1n) is 25.8. The van der Waals surface area contributed by atoms with Crippen LogP contribution in [0.4, 0.5) is 21.2 Å². The lowest BCUT2D eigenvalue weighted by molar-refractivity contribution is 0.0729. The number of carbonyl (C=O) groups is 4. The van der Waals surface area contributed by atoms with Crippen LogP contribution in [0.3, 0.4) is 0 Å². The van der Waals surface area contributed by atoms with Crippen LogP contribution >= 0.6 is 11.6 Å². The third-order valence-electron chi connectivity index (χ3n) is 13.3. The van der Waals surface area contributed by atoms with E-state index in [1.165, 1.54) is 17.4 Å². The van der Waals surface area contributed by atoms with Gasteiger partial charge in [-0.05, 0) is 164 Å². The Morgan fingerprint density at radius 1 is 0.772 bits per heavy atom. The van der Waals surface area contributed by atoms with Gasteiger partial charge in [-0.1, -0.05) is 32.9 Å². The summed E-state index contributed by atoms with van der Waals surface area (Å²) in [5, 5.41) is 42.5. The number of nitrogens with one attached hydrogen (secondary N) is 3. The second kappa shape index (κ2) is 27.4. The van der Waals surface area contributed by atoms with Crippen molar-refractivity contribution in [3.8, 4) is 34.5 Å². The van der Waals surface area contributed by atoms with E-state index in [1.54, 1.807) is 74.7 Å². The molecule has 26 heteroatoms. The van der Waals surface area contributed by atoms with Gasteiger partial charge in [0.1, 0.15) is 34.5 Å². The minimum absolute atomic E-state index is 0.0902. The molecule has 8 rings (SSSR count). The van der Waals surface area contributed by atoms with E-state index in [0.29, 0.717) is 90.0 Å². The maximum atomic E-state index is 13.2. The smallest absolute Gasteiger partial charge is 0.410 e. The predicted molar refractivity (Wildman–Crippen MR) is 298 cm³/mol. The van der Waals surface area contributed by atoms with Crippen LogP contribution < -0.4 is 25.4 Å². The Bertz CT molecular complexity index is 3080. The topological polar surface area (TPSA) is 287 Å². The largest absolute Gasteiger partial charge is 0.496 e. The maximum Gasteiger partial charge on any atom is 0.410 e. The van der Waals surface area contributed by atoms with E-state index >= 15 is 0 Å². The summed E-state index contributed by atoms with van der Waals surface area (Å²) in [4.78, 5) is 59.1. The monoisotopic (exact) mass is 1130 g/mol. The Labute approximate surface area is 465 Å². The molecule has 0 aliphatic carbocycles. The number of pyridine rings is 2. The zero-order valence-corrected chi connectivity index (χ0v) is 48.5. The first-order chi connectivity index (χ1) is 37.6. The molecule has 4 aromatic heterocycles.